The van der Waals surface area contributed by atoms with Crippen LogP contribution in [0.4, 0.5) is 5.69 Å². The summed E-state index contributed by atoms with van der Waals surface area (Å²) in [7, 11) is 1.98. The highest BCUT2D eigenvalue weighted by Gasteiger charge is 2.25. The smallest absolute Gasteiger partial charge is 0.239 e. The van der Waals surface area contributed by atoms with Gasteiger partial charge < -0.3 is 14.0 Å². The molecule has 2 heterocycles. The van der Waals surface area contributed by atoms with Gasteiger partial charge in [-0.25, -0.2) is 0 Å². The van der Waals surface area contributed by atoms with Crippen molar-refractivity contribution in [2.24, 2.45) is 7.05 Å². The van der Waals surface area contributed by atoms with Crippen LogP contribution in [0.25, 0.3) is 11.4 Å². The standard InChI is InChI=1S/C21H30N6OS/c1-8-27(9-2)16-12-10-15(11-13-16)17-23-24-20(26(17)7)29-14(3)18-22-19(25-28-18)21(4,5)6/h10-14H,8-9H2,1-7H3. The Kier molecular flexibility index (Phi) is 6.31. The lowest BCUT2D eigenvalue weighted by Gasteiger charge is -2.21. The van der Waals surface area contributed by atoms with Crippen molar-refractivity contribution in [3.05, 3.63) is 36.0 Å². The summed E-state index contributed by atoms with van der Waals surface area (Å²) >= 11 is 1.56. The zero-order chi connectivity index (χ0) is 21.2. The maximum absolute atomic E-state index is 5.47. The second-order valence-corrected chi connectivity index (χ2v) is 9.36. The van der Waals surface area contributed by atoms with Crippen LogP contribution >= 0.6 is 11.8 Å². The van der Waals surface area contributed by atoms with E-state index in [1.807, 2.05) is 18.5 Å². The van der Waals surface area contributed by atoms with Crippen LogP contribution in [0, 0.1) is 0 Å². The van der Waals surface area contributed by atoms with Crippen molar-refractivity contribution >= 4 is 17.4 Å². The first kappa shape index (κ1) is 21.4. The van der Waals surface area contributed by atoms with Gasteiger partial charge in [0.1, 0.15) is 0 Å². The van der Waals surface area contributed by atoms with E-state index in [0.717, 1.165) is 29.6 Å². The lowest BCUT2D eigenvalue weighted by atomic mass is 9.96. The number of rotatable bonds is 7. The molecule has 0 saturated heterocycles. The molecule has 2 aromatic heterocycles. The van der Waals surface area contributed by atoms with E-state index in [1.54, 1.807) is 11.8 Å². The number of hydrogen-bond acceptors (Lipinski definition) is 7. The molecule has 1 aromatic carbocycles. The molecule has 0 saturated carbocycles. The Morgan fingerprint density at radius 2 is 1.76 bits per heavy atom. The number of nitrogens with zero attached hydrogens (tertiary/aromatic N) is 6. The van der Waals surface area contributed by atoms with Crippen LogP contribution < -0.4 is 4.90 Å². The van der Waals surface area contributed by atoms with Crippen LogP contribution in [-0.4, -0.2) is 38.0 Å². The molecule has 1 unspecified atom stereocenters. The van der Waals surface area contributed by atoms with Gasteiger partial charge in [-0.1, -0.05) is 37.7 Å². The second-order valence-electron chi connectivity index (χ2n) is 8.05. The Bertz CT molecular complexity index is 937. The fourth-order valence-electron chi connectivity index (χ4n) is 2.99. The molecular formula is C21H30N6OS. The van der Waals surface area contributed by atoms with Crippen molar-refractivity contribution in [3.8, 4) is 11.4 Å². The predicted molar refractivity (Wildman–Crippen MR) is 117 cm³/mol. The van der Waals surface area contributed by atoms with E-state index in [2.05, 4.69) is 84.1 Å². The maximum Gasteiger partial charge on any atom is 0.239 e. The highest BCUT2D eigenvalue weighted by molar-refractivity contribution is 7.99. The van der Waals surface area contributed by atoms with Crippen molar-refractivity contribution < 1.29 is 4.52 Å². The number of thioether (sulfide) groups is 1. The van der Waals surface area contributed by atoms with E-state index in [0.29, 0.717) is 11.7 Å². The summed E-state index contributed by atoms with van der Waals surface area (Å²) in [5.74, 6) is 2.16. The largest absolute Gasteiger partial charge is 0.372 e. The van der Waals surface area contributed by atoms with E-state index >= 15 is 0 Å². The van der Waals surface area contributed by atoms with Crippen molar-refractivity contribution in [1.82, 2.24) is 24.9 Å². The summed E-state index contributed by atoms with van der Waals surface area (Å²) in [5, 5.41) is 13.7. The summed E-state index contributed by atoms with van der Waals surface area (Å²) in [6, 6.07) is 8.48. The number of hydrogen-bond donors (Lipinski definition) is 0. The summed E-state index contributed by atoms with van der Waals surface area (Å²) < 4.78 is 7.48. The van der Waals surface area contributed by atoms with E-state index in [-0.39, 0.29) is 10.7 Å². The van der Waals surface area contributed by atoms with Crippen molar-refractivity contribution in [3.63, 3.8) is 0 Å². The molecular weight excluding hydrogens is 384 g/mol. The van der Waals surface area contributed by atoms with E-state index < -0.39 is 0 Å². The Balaban J connectivity index is 1.76. The van der Waals surface area contributed by atoms with Gasteiger partial charge >= 0.3 is 0 Å². The monoisotopic (exact) mass is 414 g/mol. The van der Waals surface area contributed by atoms with Crippen molar-refractivity contribution in [2.45, 2.75) is 57.4 Å². The molecule has 0 aliphatic carbocycles. The molecule has 0 amide bonds. The average Bonchev–Trinajstić information content (AvgIpc) is 3.31. The first-order valence-corrected chi connectivity index (χ1v) is 10.9. The topological polar surface area (TPSA) is 72.9 Å². The number of benzene rings is 1. The van der Waals surface area contributed by atoms with Gasteiger partial charge in [0.2, 0.25) is 5.89 Å². The quantitative estimate of drug-likeness (QED) is 0.511. The minimum absolute atomic E-state index is 0.0145. The molecule has 3 aromatic rings. The van der Waals surface area contributed by atoms with E-state index in [1.165, 1.54) is 5.69 Å². The number of anilines is 1. The third kappa shape index (κ3) is 4.63. The average molecular weight is 415 g/mol. The molecule has 0 aliphatic rings. The molecule has 0 spiro atoms. The van der Waals surface area contributed by atoms with Gasteiger partial charge in [0, 0.05) is 36.8 Å². The van der Waals surface area contributed by atoms with Crippen LogP contribution in [0.2, 0.25) is 0 Å². The molecule has 3 rings (SSSR count). The normalized spacial score (nSPS) is 12.9. The van der Waals surface area contributed by atoms with Crippen LogP contribution in [0.1, 0.15) is 58.5 Å². The Labute approximate surface area is 176 Å². The molecule has 1 atom stereocenters. The molecule has 29 heavy (non-hydrogen) atoms. The first-order chi connectivity index (χ1) is 13.7. The summed E-state index contributed by atoms with van der Waals surface area (Å²) in [6.45, 7) is 14.6. The number of aromatic nitrogens is 5. The minimum Gasteiger partial charge on any atom is -0.372 e. The Morgan fingerprint density at radius 1 is 1.10 bits per heavy atom. The molecule has 156 valence electrons. The molecule has 0 N–H and O–H groups in total. The molecule has 0 aliphatic heterocycles. The van der Waals surface area contributed by atoms with Gasteiger partial charge in [0.25, 0.3) is 0 Å². The van der Waals surface area contributed by atoms with Gasteiger partial charge in [-0.2, -0.15) is 4.98 Å². The molecule has 0 radical (unpaired) electrons. The lowest BCUT2D eigenvalue weighted by molar-refractivity contribution is 0.364. The summed E-state index contributed by atoms with van der Waals surface area (Å²) in [5.41, 5.74) is 2.12. The zero-order valence-electron chi connectivity index (χ0n) is 18.3. The molecule has 8 heteroatoms. The lowest BCUT2D eigenvalue weighted by Crippen LogP contribution is -2.21. The molecule has 0 fully saturated rings. The predicted octanol–water partition coefficient (Wildman–Crippen LogP) is 4.86. The van der Waals surface area contributed by atoms with E-state index in [4.69, 9.17) is 4.52 Å². The van der Waals surface area contributed by atoms with E-state index in [9.17, 15) is 0 Å². The van der Waals surface area contributed by atoms with Gasteiger partial charge in [-0.3, -0.25) is 0 Å². The van der Waals surface area contributed by atoms with Crippen molar-refractivity contribution in [1.29, 1.82) is 0 Å². The molecule has 7 nitrogen and oxygen atoms in total. The van der Waals surface area contributed by atoms with Gasteiger partial charge in [0.05, 0.1) is 5.25 Å². The molecule has 0 bridgehead atoms. The SMILES string of the molecule is CCN(CC)c1ccc(-c2nnc(SC(C)c3nc(C(C)(C)C)no3)n2C)cc1. The third-order valence-corrected chi connectivity index (χ3v) is 5.95. The third-order valence-electron chi connectivity index (χ3n) is 4.83. The summed E-state index contributed by atoms with van der Waals surface area (Å²) in [4.78, 5) is 6.87. The highest BCUT2D eigenvalue weighted by Crippen LogP contribution is 2.35. The van der Waals surface area contributed by atoms with Crippen molar-refractivity contribution in [2.75, 3.05) is 18.0 Å². The first-order valence-electron chi connectivity index (χ1n) is 10.00. The van der Waals surface area contributed by atoms with Crippen LogP contribution in [-0.2, 0) is 12.5 Å². The fraction of sp³-hybridized carbons (Fsp3) is 0.524. The van der Waals surface area contributed by atoms with Gasteiger partial charge in [-0.05, 0) is 45.0 Å². The van der Waals surface area contributed by atoms with Gasteiger partial charge in [-0.15, -0.1) is 10.2 Å². The fourth-order valence-corrected chi connectivity index (χ4v) is 3.84. The van der Waals surface area contributed by atoms with Crippen LogP contribution in [0.15, 0.2) is 33.9 Å². The summed E-state index contributed by atoms with van der Waals surface area (Å²) in [6.07, 6.45) is 0. The van der Waals surface area contributed by atoms with Crippen LogP contribution in [0.3, 0.4) is 0 Å². The minimum atomic E-state index is -0.138. The zero-order valence-corrected chi connectivity index (χ0v) is 19.1. The second kappa shape index (κ2) is 8.57. The van der Waals surface area contributed by atoms with Crippen LogP contribution in [0.5, 0.6) is 0 Å². The maximum atomic E-state index is 5.47. The van der Waals surface area contributed by atoms with Gasteiger partial charge in [0.15, 0.2) is 16.8 Å². The Morgan fingerprint density at radius 3 is 2.31 bits per heavy atom. The highest BCUT2D eigenvalue weighted by atomic mass is 32.2. The Hall–Kier alpha value is -2.35.